The second-order valence-corrected chi connectivity index (χ2v) is 5.08. The number of rotatable bonds is 3. The van der Waals surface area contributed by atoms with Crippen LogP contribution in [-0.4, -0.2) is 22.2 Å². The molecule has 0 aliphatic carbocycles. The van der Waals surface area contributed by atoms with Gasteiger partial charge in [0, 0.05) is 23.0 Å². The highest BCUT2D eigenvalue weighted by Crippen LogP contribution is 2.29. The van der Waals surface area contributed by atoms with Gasteiger partial charge in [-0.2, -0.15) is 0 Å². The molecule has 1 atom stereocenters. The number of carboxylic acids is 1. The fourth-order valence-corrected chi connectivity index (χ4v) is 2.66. The van der Waals surface area contributed by atoms with Crippen LogP contribution in [-0.2, 0) is 9.59 Å². The number of benzene rings is 1. The number of hydrogen-bond donors (Lipinski definition) is 0. The SMILES string of the molecule is O=C([O-])C[C@H]1SC(c2cccc(Cl)c2)=NC1=O. The summed E-state index contributed by atoms with van der Waals surface area (Å²) in [4.78, 5) is 25.7. The average molecular weight is 269 g/mol. The molecule has 1 heterocycles. The predicted molar refractivity (Wildman–Crippen MR) is 64.0 cm³/mol. The number of thioether (sulfide) groups is 1. The summed E-state index contributed by atoms with van der Waals surface area (Å²) >= 11 is 6.96. The van der Waals surface area contributed by atoms with Crippen LogP contribution in [0.3, 0.4) is 0 Å². The summed E-state index contributed by atoms with van der Waals surface area (Å²) in [5, 5.41) is 10.8. The maximum absolute atomic E-state index is 11.4. The molecule has 0 fully saturated rings. The summed E-state index contributed by atoms with van der Waals surface area (Å²) in [6.07, 6.45) is -0.322. The topological polar surface area (TPSA) is 69.6 Å². The van der Waals surface area contributed by atoms with E-state index < -0.39 is 17.1 Å². The molecule has 0 bridgehead atoms. The summed E-state index contributed by atoms with van der Waals surface area (Å²) in [5.41, 5.74) is 0.719. The Kier molecular flexibility index (Phi) is 3.49. The predicted octanol–water partition coefficient (Wildman–Crippen LogP) is 0.869. The minimum Gasteiger partial charge on any atom is -0.550 e. The normalized spacial score (nSPS) is 19.2. The van der Waals surface area contributed by atoms with Crippen LogP contribution >= 0.6 is 23.4 Å². The number of aliphatic carboxylic acids is 1. The molecule has 1 aliphatic heterocycles. The minimum absolute atomic E-state index is 0.322. The summed E-state index contributed by atoms with van der Waals surface area (Å²) in [7, 11) is 0. The minimum atomic E-state index is -1.25. The fraction of sp³-hybridized carbons (Fsp3) is 0.182. The molecule has 4 nitrogen and oxygen atoms in total. The monoisotopic (exact) mass is 268 g/mol. The largest absolute Gasteiger partial charge is 0.550 e. The molecule has 6 heteroatoms. The van der Waals surface area contributed by atoms with Crippen LogP contribution in [0.1, 0.15) is 12.0 Å². The molecule has 1 aromatic rings. The van der Waals surface area contributed by atoms with E-state index in [4.69, 9.17) is 11.6 Å². The lowest BCUT2D eigenvalue weighted by atomic mass is 10.2. The molecule has 1 amide bonds. The Labute approximate surface area is 107 Å². The standard InChI is InChI=1S/C11H8ClNO3S/c12-7-3-1-2-6(4-7)11-13-10(16)8(17-11)5-9(14)15/h1-4,8H,5H2,(H,14,15)/p-1/t8-/m1/s1. The smallest absolute Gasteiger partial charge is 0.260 e. The van der Waals surface area contributed by atoms with Crippen LogP contribution in [0.25, 0.3) is 0 Å². The van der Waals surface area contributed by atoms with Crippen molar-refractivity contribution in [2.45, 2.75) is 11.7 Å². The Morgan fingerprint density at radius 1 is 1.53 bits per heavy atom. The molecule has 88 valence electrons. The van der Waals surface area contributed by atoms with Crippen molar-refractivity contribution < 1.29 is 14.7 Å². The van der Waals surface area contributed by atoms with E-state index in [1.54, 1.807) is 24.3 Å². The third-order valence-corrected chi connectivity index (χ3v) is 3.60. The van der Waals surface area contributed by atoms with Gasteiger partial charge in [-0.15, -0.1) is 0 Å². The Hall–Kier alpha value is -1.33. The van der Waals surface area contributed by atoms with Gasteiger partial charge in [0.25, 0.3) is 5.91 Å². The first kappa shape index (κ1) is 12.1. The Morgan fingerprint density at radius 2 is 2.29 bits per heavy atom. The zero-order valence-electron chi connectivity index (χ0n) is 8.55. The van der Waals surface area contributed by atoms with Crippen molar-refractivity contribution in [3.63, 3.8) is 0 Å². The Bertz CT molecular complexity index is 515. The van der Waals surface area contributed by atoms with Crippen molar-refractivity contribution in [1.29, 1.82) is 0 Å². The molecule has 17 heavy (non-hydrogen) atoms. The number of hydrogen-bond acceptors (Lipinski definition) is 4. The molecular formula is C11H7ClNO3S-. The molecule has 1 aromatic carbocycles. The third kappa shape index (κ3) is 2.87. The van der Waals surface area contributed by atoms with Crippen LogP contribution in [0.15, 0.2) is 29.3 Å². The van der Waals surface area contributed by atoms with Crippen LogP contribution in [0.5, 0.6) is 0 Å². The van der Waals surface area contributed by atoms with Gasteiger partial charge in [-0.3, -0.25) is 4.79 Å². The molecule has 0 N–H and O–H groups in total. The van der Waals surface area contributed by atoms with E-state index in [1.165, 1.54) is 0 Å². The zero-order chi connectivity index (χ0) is 12.4. The highest BCUT2D eigenvalue weighted by Gasteiger charge is 2.28. The Balaban J connectivity index is 2.18. The van der Waals surface area contributed by atoms with Gasteiger partial charge in [-0.25, -0.2) is 4.99 Å². The molecule has 1 aliphatic rings. The molecule has 2 rings (SSSR count). The first-order valence-corrected chi connectivity index (χ1v) is 6.07. The van der Waals surface area contributed by atoms with Crippen molar-refractivity contribution in [3.05, 3.63) is 34.9 Å². The first-order valence-electron chi connectivity index (χ1n) is 4.81. The number of carbonyl (C=O) groups excluding carboxylic acids is 2. The third-order valence-electron chi connectivity index (χ3n) is 2.16. The zero-order valence-corrected chi connectivity index (χ0v) is 10.1. The average Bonchev–Trinajstić information content (AvgIpc) is 2.59. The van der Waals surface area contributed by atoms with Crippen LogP contribution in [0, 0.1) is 0 Å². The number of aliphatic imine (C=N–C) groups is 1. The van der Waals surface area contributed by atoms with Crippen LogP contribution < -0.4 is 5.11 Å². The highest BCUT2D eigenvalue weighted by molar-refractivity contribution is 8.16. The van der Waals surface area contributed by atoms with E-state index in [1.807, 2.05) is 0 Å². The number of amides is 1. The van der Waals surface area contributed by atoms with Gasteiger partial charge in [0.15, 0.2) is 0 Å². The van der Waals surface area contributed by atoms with Crippen molar-refractivity contribution in [1.82, 2.24) is 0 Å². The van der Waals surface area contributed by atoms with Crippen molar-refractivity contribution in [2.75, 3.05) is 0 Å². The maximum atomic E-state index is 11.4. The lowest BCUT2D eigenvalue weighted by Crippen LogP contribution is -2.28. The molecule has 0 saturated carbocycles. The summed E-state index contributed by atoms with van der Waals surface area (Å²) in [6.45, 7) is 0. The summed E-state index contributed by atoms with van der Waals surface area (Å²) in [6, 6.07) is 6.91. The van der Waals surface area contributed by atoms with Crippen molar-refractivity contribution in [3.8, 4) is 0 Å². The van der Waals surface area contributed by atoms with Gasteiger partial charge >= 0.3 is 0 Å². The fourth-order valence-electron chi connectivity index (χ4n) is 1.42. The molecule has 0 spiro atoms. The number of halogens is 1. The second kappa shape index (κ2) is 4.89. The van der Waals surface area contributed by atoms with E-state index in [-0.39, 0.29) is 6.42 Å². The van der Waals surface area contributed by atoms with Crippen LogP contribution in [0.2, 0.25) is 5.02 Å². The second-order valence-electron chi connectivity index (χ2n) is 3.45. The first-order chi connectivity index (χ1) is 8.06. The Morgan fingerprint density at radius 3 is 2.94 bits per heavy atom. The highest BCUT2D eigenvalue weighted by atomic mass is 35.5. The van der Waals surface area contributed by atoms with Gasteiger partial charge in [0.2, 0.25) is 0 Å². The lowest BCUT2D eigenvalue weighted by Gasteiger charge is -2.07. The van der Waals surface area contributed by atoms with Gasteiger partial charge in [-0.05, 0) is 12.1 Å². The molecule has 0 unspecified atom stereocenters. The lowest BCUT2D eigenvalue weighted by molar-refractivity contribution is -0.305. The van der Waals surface area contributed by atoms with E-state index in [0.29, 0.717) is 10.1 Å². The van der Waals surface area contributed by atoms with Crippen LogP contribution in [0.4, 0.5) is 0 Å². The number of carboxylic acid groups (broad SMARTS) is 1. The summed E-state index contributed by atoms with van der Waals surface area (Å²) < 4.78 is 0. The molecule has 0 aromatic heterocycles. The summed E-state index contributed by atoms with van der Waals surface area (Å²) in [5.74, 6) is -1.69. The van der Waals surface area contributed by atoms with Gasteiger partial charge in [-0.1, -0.05) is 35.5 Å². The maximum Gasteiger partial charge on any atom is 0.260 e. The number of nitrogens with zero attached hydrogens (tertiary/aromatic N) is 1. The van der Waals surface area contributed by atoms with Gasteiger partial charge in [0.1, 0.15) is 5.04 Å². The molecule has 0 radical (unpaired) electrons. The van der Waals surface area contributed by atoms with E-state index in [9.17, 15) is 14.7 Å². The molecule has 0 saturated heterocycles. The van der Waals surface area contributed by atoms with Gasteiger partial charge in [0.05, 0.1) is 5.25 Å². The van der Waals surface area contributed by atoms with E-state index >= 15 is 0 Å². The number of carbonyl (C=O) groups is 2. The van der Waals surface area contributed by atoms with Crippen molar-refractivity contribution in [2.24, 2.45) is 4.99 Å². The van der Waals surface area contributed by atoms with E-state index in [2.05, 4.69) is 4.99 Å². The molecular weight excluding hydrogens is 262 g/mol. The van der Waals surface area contributed by atoms with E-state index in [0.717, 1.165) is 17.3 Å². The van der Waals surface area contributed by atoms with Gasteiger partial charge < -0.3 is 9.90 Å². The van der Waals surface area contributed by atoms with Crippen molar-refractivity contribution >= 4 is 40.3 Å². The quantitative estimate of drug-likeness (QED) is 0.816.